The van der Waals surface area contributed by atoms with E-state index in [-0.39, 0.29) is 5.92 Å². The highest BCUT2D eigenvalue weighted by Gasteiger charge is 2.35. The van der Waals surface area contributed by atoms with Crippen LogP contribution in [0.1, 0.15) is 11.5 Å². The Morgan fingerprint density at radius 3 is 2.79 bits per heavy atom. The van der Waals surface area contributed by atoms with E-state index in [0.29, 0.717) is 6.54 Å². The molecule has 1 fully saturated rings. The molecule has 1 saturated heterocycles. The van der Waals surface area contributed by atoms with Crippen molar-refractivity contribution in [1.82, 2.24) is 5.48 Å². The summed E-state index contributed by atoms with van der Waals surface area (Å²) in [7, 11) is 0. The lowest BCUT2D eigenvalue weighted by atomic mass is 9.94. The minimum absolute atomic E-state index is 0.103. The summed E-state index contributed by atoms with van der Waals surface area (Å²) in [5, 5.41) is 8.88. The molecular weight excluding hydrogens is 182 g/mol. The minimum Gasteiger partial charge on any atom is -0.479 e. The van der Waals surface area contributed by atoms with Crippen molar-refractivity contribution in [2.24, 2.45) is 0 Å². The predicted octanol–water partition coefficient (Wildman–Crippen LogP) is 0.758. The first-order valence-electron chi connectivity index (χ1n) is 4.45. The SMILES string of the molecule is O=C(O)[C@@H]1ONCC1c1ccccc1. The molecule has 0 bridgehead atoms. The maximum atomic E-state index is 10.8. The second kappa shape index (κ2) is 3.77. The van der Waals surface area contributed by atoms with Gasteiger partial charge in [-0.3, -0.25) is 4.84 Å². The van der Waals surface area contributed by atoms with Crippen molar-refractivity contribution in [1.29, 1.82) is 0 Å². The van der Waals surface area contributed by atoms with Gasteiger partial charge in [0.2, 0.25) is 0 Å². The van der Waals surface area contributed by atoms with Gasteiger partial charge in [0.25, 0.3) is 0 Å². The zero-order valence-electron chi connectivity index (χ0n) is 7.51. The number of carboxylic acid groups (broad SMARTS) is 1. The van der Waals surface area contributed by atoms with E-state index in [1.807, 2.05) is 30.3 Å². The van der Waals surface area contributed by atoms with Crippen molar-refractivity contribution < 1.29 is 14.7 Å². The van der Waals surface area contributed by atoms with Crippen molar-refractivity contribution in [3.63, 3.8) is 0 Å². The average Bonchev–Trinajstić information content (AvgIpc) is 2.67. The van der Waals surface area contributed by atoms with E-state index >= 15 is 0 Å². The normalized spacial score (nSPS) is 26.3. The van der Waals surface area contributed by atoms with Crippen LogP contribution in [-0.2, 0) is 9.63 Å². The summed E-state index contributed by atoms with van der Waals surface area (Å²) in [5.74, 6) is -1.03. The molecule has 1 aromatic rings. The molecule has 2 atom stereocenters. The number of hydroxylamine groups is 1. The van der Waals surface area contributed by atoms with E-state index < -0.39 is 12.1 Å². The lowest BCUT2D eigenvalue weighted by Gasteiger charge is -2.12. The Bertz CT molecular complexity index is 325. The second-order valence-corrected chi connectivity index (χ2v) is 3.24. The molecule has 1 aromatic carbocycles. The van der Waals surface area contributed by atoms with Crippen LogP contribution in [-0.4, -0.2) is 23.7 Å². The standard InChI is InChI=1S/C10H11NO3/c12-10(13)9-8(6-11-14-9)7-4-2-1-3-5-7/h1-5,8-9,11H,6H2,(H,12,13)/t8?,9-/m1/s1. The number of benzene rings is 1. The maximum absolute atomic E-state index is 10.8. The average molecular weight is 193 g/mol. The molecule has 14 heavy (non-hydrogen) atoms. The van der Waals surface area contributed by atoms with E-state index in [2.05, 4.69) is 5.48 Å². The molecule has 0 aliphatic carbocycles. The molecule has 0 amide bonds. The van der Waals surface area contributed by atoms with Crippen molar-refractivity contribution >= 4 is 5.97 Å². The third kappa shape index (κ3) is 1.62. The first-order valence-corrected chi connectivity index (χ1v) is 4.45. The highest BCUT2D eigenvalue weighted by atomic mass is 16.7. The van der Waals surface area contributed by atoms with E-state index in [0.717, 1.165) is 5.56 Å². The molecule has 0 saturated carbocycles. The lowest BCUT2D eigenvalue weighted by Crippen LogP contribution is -2.25. The fourth-order valence-corrected chi connectivity index (χ4v) is 1.63. The van der Waals surface area contributed by atoms with Crippen LogP contribution in [0.3, 0.4) is 0 Å². The third-order valence-corrected chi connectivity index (χ3v) is 2.35. The van der Waals surface area contributed by atoms with Gasteiger partial charge >= 0.3 is 5.97 Å². The first kappa shape index (κ1) is 9.18. The number of hydrogen-bond acceptors (Lipinski definition) is 3. The molecule has 74 valence electrons. The van der Waals surface area contributed by atoms with Gasteiger partial charge in [-0.2, -0.15) is 0 Å². The second-order valence-electron chi connectivity index (χ2n) is 3.24. The van der Waals surface area contributed by atoms with Crippen LogP contribution in [0.15, 0.2) is 30.3 Å². The predicted molar refractivity (Wildman–Crippen MR) is 49.7 cm³/mol. The Kier molecular flexibility index (Phi) is 2.47. The fourth-order valence-electron chi connectivity index (χ4n) is 1.63. The van der Waals surface area contributed by atoms with Crippen LogP contribution in [0, 0.1) is 0 Å². The van der Waals surface area contributed by atoms with Gasteiger partial charge in [0, 0.05) is 12.5 Å². The van der Waals surface area contributed by atoms with Crippen LogP contribution in [0.2, 0.25) is 0 Å². The molecule has 4 nitrogen and oxygen atoms in total. The summed E-state index contributed by atoms with van der Waals surface area (Å²) in [4.78, 5) is 15.8. The molecule has 4 heteroatoms. The van der Waals surface area contributed by atoms with Gasteiger partial charge in [0.1, 0.15) is 0 Å². The van der Waals surface area contributed by atoms with Gasteiger partial charge in [0.05, 0.1) is 0 Å². The third-order valence-electron chi connectivity index (χ3n) is 2.35. The smallest absolute Gasteiger partial charge is 0.335 e. The molecule has 2 rings (SSSR count). The lowest BCUT2D eigenvalue weighted by molar-refractivity contribution is -0.150. The summed E-state index contributed by atoms with van der Waals surface area (Å²) in [6.45, 7) is 0.543. The van der Waals surface area contributed by atoms with Crippen LogP contribution in [0.5, 0.6) is 0 Å². The Morgan fingerprint density at radius 2 is 2.14 bits per heavy atom. The highest BCUT2D eigenvalue weighted by molar-refractivity contribution is 5.74. The molecule has 1 aliphatic heterocycles. The summed E-state index contributed by atoms with van der Waals surface area (Å²) in [5.41, 5.74) is 3.61. The molecule has 1 unspecified atom stereocenters. The maximum Gasteiger partial charge on any atom is 0.335 e. The van der Waals surface area contributed by atoms with Gasteiger partial charge in [-0.15, -0.1) is 0 Å². The number of carboxylic acids is 1. The molecule has 2 N–H and O–H groups in total. The summed E-state index contributed by atoms with van der Waals surface area (Å²) in [6, 6.07) is 9.52. The number of rotatable bonds is 2. The number of aliphatic carboxylic acids is 1. The van der Waals surface area contributed by atoms with Crippen LogP contribution >= 0.6 is 0 Å². The molecular formula is C10H11NO3. The first-order chi connectivity index (χ1) is 6.79. The molecule has 0 radical (unpaired) electrons. The monoisotopic (exact) mass is 193 g/mol. The molecule has 0 spiro atoms. The van der Waals surface area contributed by atoms with Crippen molar-refractivity contribution in [2.45, 2.75) is 12.0 Å². The van der Waals surface area contributed by atoms with Crippen LogP contribution in [0.25, 0.3) is 0 Å². The summed E-state index contributed by atoms with van der Waals surface area (Å²) >= 11 is 0. The van der Waals surface area contributed by atoms with E-state index in [1.165, 1.54) is 0 Å². The number of hydrogen-bond donors (Lipinski definition) is 2. The zero-order chi connectivity index (χ0) is 9.97. The van der Waals surface area contributed by atoms with E-state index in [4.69, 9.17) is 9.94 Å². The largest absolute Gasteiger partial charge is 0.479 e. The Balaban J connectivity index is 2.22. The number of nitrogens with one attached hydrogen (secondary N) is 1. The zero-order valence-corrected chi connectivity index (χ0v) is 7.51. The summed E-state index contributed by atoms with van der Waals surface area (Å²) < 4.78 is 0. The van der Waals surface area contributed by atoms with Crippen LogP contribution < -0.4 is 5.48 Å². The van der Waals surface area contributed by atoms with Gasteiger partial charge in [-0.1, -0.05) is 30.3 Å². The molecule has 1 heterocycles. The van der Waals surface area contributed by atoms with Crippen molar-refractivity contribution in [2.75, 3.05) is 6.54 Å². The van der Waals surface area contributed by atoms with E-state index in [9.17, 15) is 4.79 Å². The van der Waals surface area contributed by atoms with Crippen molar-refractivity contribution in [3.8, 4) is 0 Å². The van der Waals surface area contributed by atoms with Gasteiger partial charge in [-0.25, -0.2) is 10.3 Å². The Labute approximate surface area is 81.5 Å². The van der Waals surface area contributed by atoms with Crippen molar-refractivity contribution in [3.05, 3.63) is 35.9 Å². The molecule has 1 aliphatic rings. The van der Waals surface area contributed by atoms with Gasteiger partial charge in [-0.05, 0) is 5.56 Å². The van der Waals surface area contributed by atoms with Crippen LogP contribution in [0.4, 0.5) is 0 Å². The summed E-state index contributed by atoms with van der Waals surface area (Å²) in [6.07, 6.45) is -0.780. The topological polar surface area (TPSA) is 58.6 Å². The number of carbonyl (C=O) groups is 1. The highest BCUT2D eigenvalue weighted by Crippen LogP contribution is 2.24. The van der Waals surface area contributed by atoms with Gasteiger partial charge in [0.15, 0.2) is 6.10 Å². The quantitative estimate of drug-likeness (QED) is 0.728. The Hall–Kier alpha value is -1.39. The Morgan fingerprint density at radius 1 is 1.43 bits per heavy atom. The molecule has 0 aromatic heterocycles. The minimum atomic E-state index is -0.927. The van der Waals surface area contributed by atoms with E-state index in [1.54, 1.807) is 0 Å². The fraction of sp³-hybridized carbons (Fsp3) is 0.300. The van der Waals surface area contributed by atoms with Gasteiger partial charge < -0.3 is 5.11 Å².